The summed E-state index contributed by atoms with van der Waals surface area (Å²) in [5.41, 5.74) is 3.32. The second-order valence-corrected chi connectivity index (χ2v) is 5.89. The van der Waals surface area contributed by atoms with E-state index in [4.69, 9.17) is 4.74 Å². The quantitative estimate of drug-likeness (QED) is 0.733. The molecule has 4 rings (SSSR count). The van der Waals surface area contributed by atoms with Crippen molar-refractivity contribution in [3.63, 3.8) is 0 Å². The molecule has 0 bridgehead atoms. The number of ether oxygens (including phenoxy) is 1. The molecule has 0 heterocycles. The van der Waals surface area contributed by atoms with Gasteiger partial charge in [-0.3, -0.25) is 0 Å². The first-order chi connectivity index (χ1) is 11.3. The number of benzene rings is 3. The molecule has 3 aromatic carbocycles. The first-order valence-electron chi connectivity index (χ1n) is 7.91. The van der Waals surface area contributed by atoms with Crippen LogP contribution in [0, 0.1) is 0 Å². The molecule has 2 unspecified atom stereocenters. The minimum atomic E-state index is -0.491. The van der Waals surface area contributed by atoms with E-state index >= 15 is 0 Å². The number of aliphatic hydroxyl groups is 1. The lowest BCUT2D eigenvalue weighted by Gasteiger charge is -2.14. The Morgan fingerprint density at radius 2 is 1.48 bits per heavy atom. The van der Waals surface area contributed by atoms with Crippen molar-refractivity contribution in [3.8, 4) is 11.5 Å². The maximum atomic E-state index is 10.6. The highest BCUT2D eigenvalue weighted by molar-refractivity contribution is 5.52. The molecule has 0 aromatic heterocycles. The topological polar surface area (TPSA) is 29.5 Å². The van der Waals surface area contributed by atoms with Crippen molar-refractivity contribution in [1.82, 2.24) is 0 Å². The first kappa shape index (κ1) is 14.0. The van der Waals surface area contributed by atoms with Gasteiger partial charge in [0.15, 0.2) is 0 Å². The number of para-hydroxylation sites is 1. The molecule has 0 fully saturated rings. The summed E-state index contributed by atoms with van der Waals surface area (Å²) in [4.78, 5) is 0. The molecule has 3 aromatic rings. The molecule has 1 aliphatic rings. The molecule has 114 valence electrons. The van der Waals surface area contributed by atoms with Gasteiger partial charge in [-0.25, -0.2) is 0 Å². The van der Waals surface area contributed by atoms with E-state index in [-0.39, 0.29) is 5.92 Å². The Morgan fingerprint density at radius 3 is 2.22 bits per heavy atom. The van der Waals surface area contributed by atoms with Crippen molar-refractivity contribution in [2.75, 3.05) is 0 Å². The third-order valence-corrected chi connectivity index (χ3v) is 4.44. The van der Waals surface area contributed by atoms with E-state index < -0.39 is 6.10 Å². The van der Waals surface area contributed by atoms with E-state index in [0.717, 1.165) is 22.6 Å². The molecule has 0 spiro atoms. The van der Waals surface area contributed by atoms with E-state index in [2.05, 4.69) is 18.2 Å². The molecule has 0 saturated carbocycles. The maximum absolute atomic E-state index is 10.6. The summed E-state index contributed by atoms with van der Waals surface area (Å²) in [5, 5.41) is 10.6. The molecule has 2 nitrogen and oxygen atoms in total. The van der Waals surface area contributed by atoms with Crippen LogP contribution in [0.1, 0.15) is 35.1 Å². The van der Waals surface area contributed by atoms with Gasteiger partial charge in [-0.2, -0.15) is 0 Å². The zero-order chi connectivity index (χ0) is 15.6. The summed E-state index contributed by atoms with van der Waals surface area (Å²) in [6.07, 6.45) is 0.212. The van der Waals surface area contributed by atoms with Gasteiger partial charge in [0, 0.05) is 11.5 Å². The number of hydrogen-bond donors (Lipinski definition) is 1. The van der Waals surface area contributed by atoms with Crippen LogP contribution in [-0.4, -0.2) is 5.11 Å². The Bertz CT molecular complexity index is 797. The zero-order valence-corrected chi connectivity index (χ0v) is 12.7. The van der Waals surface area contributed by atoms with E-state index in [1.54, 1.807) is 0 Å². The average molecular weight is 302 g/mol. The molecule has 0 radical (unpaired) electrons. The summed E-state index contributed by atoms with van der Waals surface area (Å²) in [7, 11) is 0. The lowest BCUT2D eigenvalue weighted by molar-refractivity contribution is 0.173. The van der Waals surface area contributed by atoms with Crippen LogP contribution >= 0.6 is 0 Å². The van der Waals surface area contributed by atoms with Crippen LogP contribution in [0.25, 0.3) is 0 Å². The molecule has 0 saturated heterocycles. The monoisotopic (exact) mass is 302 g/mol. The van der Waals surface area contributed by atoms with Crippen LogP contribution in [-0.2, 0) is 0 Å². The lowest BCUT2D eigenvalue weighted by Crippen LogP contribution is -1.96. The molecule has 2 heteroatoms. The fourth-order valence-electron chi connectivity index (χ4n) is 3.40. The SMILES string of the molecule is OC1CC(c2ccccc2)c2cccc(Oc3ccccc3)c21. The van der Waals surface area contributed by atoms with E-state index in [0.29, 0.717) is 6.42 Å². The van der Waals surface area contributed by atoms with Crippen molar-refractivity contribution in [2.24, 2.45) is 0 Å². The number of fused-ring (bicyclic) bond motifs is 1. The summed E-state index contributed by atoms with van der Waals surface area (Å²) in [6, 6.07) is 26.1. The van der Waals surface area contributed by atoms with Crippen molar-refractivity contribution in [3.05, 3.63) is 95.6 Å². The van der Waals surface area contributed by atoms with E-state index in [1.807, 2.05) is 60.7 Å². The molecular formula is C21H18O2. The van der Waals surface area contributed by atoms with Crippen molar-refractivity contribution in [1.29, 1.82) is 0 Å². The molecule has 0 aliphatic heterocycles. The fourth-order valence-corrected chi connectivity index (χ4v) is 3.40. The zero-order valence-electron chi connectivity index (χ0n) is 12.7. The van der Waals surface area contributed by atoms with Gasteiger partial charge < -0.3 is 9.84 Å². The third-order valence-electron chi connectivity index (χ3n) is 4.44. The Morgan fingerprint density at radius 1 is 0.783 bits per heavy atom. The van der Waals surface area contributed by atoms with Crippen LogP contribution < -0.4 is 4.74 Å². The van der Waals surface area contributed by atoms with Gasteiger partial charge in [-0.05, 0) is 35.7 Å². The van der Waals surface area contributed by atoms with Gasteiger partial charge in [0.2, 0.25) is 0 Å². The largest absolute Gasteiger partial charge is 0.457 e. The second kappa shape index (κ2) is 5.90. The predicted octanol–water partition coefficient (Wildman–Crippen LogP) is 5.05. The standard InChI is InChI=1S/C21H18O2/c22-19-14-18(15-8-3-1-4-9-15)17-12-7-13-20(21(17)19)23-16-10-5-2-6-11-16/h1-13,18-19,22H,14H2. The van der Waals surface area contributed by atoms with Crippen molar-refractivity contribution in [2.45, 2.75) is 18.4 Å². The average Bonchev–Trinajstić information content (AvgIpc) is 2.95. The van der Waals surface area contributed by atoms with Crippen LogP contribution in [0.5, 0.6) is 11.5 Å². The first-order valence-corrected chi connectivity index (χ1v) is 7.91. The minimum Gasteiger partial charge on any atom is -0.457 e. The predicted molar refractivity (Wildman–Crippen MR) is 90.8 cm³/mol. The smallest absolute Gasteiger partial charge is 0.133 e. The van der Waals surface area contributed by atoms with Crippen LogP contribution in [0.15, 0.2) is 78.9 Å². The lowest BCUT2D eigenvalue weighted by atomic mass is 9.93. The number of rotatable bonds is 3. The van der Waals surface area contributed by atoms with E-state index in [1.165, 1.54) is 5.56 Å². The van der Waals surface area contributed by atoms with Gasteiger partial charge in [0.05, 0.1) is 6.10 Å². The van der Waals surface area contributed by atoms with Crippen LogP contribution in [0.4, 0.5) is 0 Å². The van der Waals surface area contributed by atoms with Crippen LogP contribution in [0.3, 0.4) is 0 Å². The van der Waals surface area contributed by atoms with Crippen molar-refractivity contribution >= 4 is 0 Å². The summed E-state index contributed by atoms with van der Waals surface area (Å²) in [5.74, 6) is 1.76. The molecule has 1 aliphatic carbocycles. The highest BCUT2D eigenvalue weighted by atomic mass is 16.5. The highest BCUT2D eigenvalue weighted by Gasteiger charge is 2.33. The molecule has 0 amide bonds. The Labute approximate surface area is 136 Å². The highest BCUT2D eigenvalue weighted by Crippen LogP contribution is 2.48. The summed E-state index contributed by atoms with van der Waals surface area (Å²) in [6.45, 7) is 0. The normalized spacial score (nSPS) is 19.3. The Balaban J connectivity index is 1.74. The van der Waals surface area contributed by atoms with Gasteiger partial charge in [0.25, 0.3) is 0 Å². The minimum absolute atomic E-state index is 0.223. The number of aliphatic hydroxyl groups excluding tert-OH is 1. The van der Waals surface area contributed by atoms with Gasteiger partial charge in [-0.15, -0.1) is 0 Å². The maximum Gasteiger partial charge on any atom is 0.133 e. The van der Waals surface area contributed by atoms with Gasteiger partial charge >= 0.3 is 0 Å². The second-order valence-electron chi connectivity index (χ2n) is 5.89. The Kier molecular flexibility index (Phi) is 3.60. The van der Waals surface area contributed by atoms with Gasteiger partial charge in [-0.1, -0.05) is 60.7 Å². The van der Waals surface area contributed by atoms with Crippen molar-refractivity contribution < 1.29 is 9.84 Å². The molecule has 23 heavy (non-hydrogen) atoms. The van der Waals surface area contributed by atoms with Gasteiger partial charge in [0.1, 0.15) is 11.5 Å². The fraction of sp³-hybridized carbons (Fsp3) is 0.143. The number of hydrogen-bond acceptors (Lipinski definition) is 2. The summed E-state index contributed by atoms with van der Waals surface area (Å²) < 4.78 is 6.02. The Hall–Kier alpha value is -2.58. The van der Waals surface area contributed by atoms with E-state index in [9.17, 15) is 5.11 Å². The van der Waals surface area contributed by atoms with Crippen LogP contribution in [0.2, 0.25) is 0 Å². The third kappa shape index (κ3) is 2.62. The summed E-state index contributed by atoms with van der Waals surface area (Å²) >= 11 is 0. The molecule has 2 atom stereocenters. The molecular weight excluding hydrogens is 284 g/mol. The molecule has 1 N–H and O–H groups in total.